The Morgan fingerprint density at radius 3 is 1.29 bits per heavy atom. The fourth-order valence-corrected chi connectivity index (χ4v) is 2.30. The van der Waals surface area contributed by atoms with Crippen LogP contribution in [0.4, 0.5) is 0 Å². The Labute approximate surface area is 113 Å². The van der Waals surface area contributed by atoms with E-state index in [1.165, 1.54) is 0 Å². The van der Waals surface area contributed by atoms with Crippen LogP contribution in [-0.4, -0.2) is 48.4 Å². The van der Waals surface area contributed by atoms with Crippen molar-refractivity contribution in [3.63, 3.8) is 0 Å². The van der Waals surface area contributed by atoms with Gasteiger partial charge in [0.2, 0.25) is 0 Å². The predicted octanol–water partition coefficient (Wildman–Crippen LogP) is 2.31. The van der Waals surface area contributed by atoms with E-state index in [0.29, 0.717) is 0 Å². The number of hydrogen-bond acceptors (Lipinski definition) is 4. The Bertz CT molecular complexity index is 158. The van der Waals surface area contributed by atoms with Crippen LogP contribution < -0.4 is 0 Å². The molecule has 0 aliphatic heterocycles. The standard InChI is InChI=1S/2C6H14NO.Ni/c2*1-4-7(5-2)6(3)8;/h2*6H,4-5H2,1-3H3;/q2*-1;+2. The van der Waals surface area contributed by atoms with Crippen LogP contribution in [0, 0.1) is 0 Å². The monoisotopic (exact) mass is 290 g/mol. The summed E-state index contributed by atoms with van der Waals surface area (Å²) in [6.45, 7) is 16.6. The van der Waals surface area contributed by atoms with Gasteiger partial charge in [-0.3, -0.25) is 0 Å². The second-order valence-corrected chi connectivity index (χ2v) is 4.47. The molecule has 2 unspecified atom stereocenters. The Hall–Kier alpha value is 0.334. The zero-order chi connectivity index (χ0) is 13.3. The summed E-state index contributed by atoms with van der Waals surface area (Å²) in [5.41, 5.74) is 0. The van der Waals surface area contributed by atoms with Gasteiger partial charge in [0, 0.05) is 0 Å². The third-order valence-electron chi connectivity index (χ3n) is 2.93. The zero-order valence-corrected chi connectivity index (χ0v) is 13.0. The number of hydrogen-bond donors (Lipinski definition) is 0. The molecule has 0 aromatic carbocycles. The second kappa shape index (κ2) is 10.3. The number of rotatable bonds is 10. The van der Waals surface area contributed by atoms with Gasteiger partial charge in [-0.05, 0) is 0 Å². The van der Waals surface area contributed by atoms with Crippen molar-refractivity contribution in [1.82, 2.24) is 9.80 Å². The molecule has 0 fully saturated rings. The van der Waals surface area contributed by atoms with Crippen LogP contribution in [0.5, 0.6) is 0 Å². The van der Waals surface area contributed by atoms with Gasteiger partial charge < -0.3 is 0 Å². The Morgan fingerprint density at radius 1 is 0.765 bits per heavy atom. The van der Waals surface area contributed by atoms with Crippen LogP contribution in [0.3, 0.4) is 0 Å². The zero-order valence-electron chi connectivity index (χ0n) is 12.0. The van der Waals surface area contributed by atoms with Crippen LogP contribution in [0.15, 0.2) is 0 Å². The predicted molar refractivity (Wildman–Crippen MR) is 66.9 cm³/mol. The summed E-state index contributed by atoms with van der Waals surface area (Å²) in [4.78, 5) is 4.48. The van der Waals surface area contributed by atoms with E-state index in [4.69, 9.17) is 7.76 Å². The van der Waals surface area contributed by atoms with E-state index in [-0.39, 0.29) is 12.5 Å². The van der Waals surface area contributed by atoms with Crippen molar-refractivity contribution in [1.29, 1.82) is 0 Å². The summed E-state index contributed by atoms with van der Waals surface area (Å²) >= 11 is 0.917. The molecule has 0 aliphatic carbocycles. The molecule has 0 saturated heterocycles. The molecule has 0 bridgehead atoms. The second-order valence-electron chi connectivity index (χ2n) is 3.84. The molecule has 0 aromatic rings. The summed E-state index contributed by atoms with van der Waals surface area (Å²) in [6, 6.07) is 0. The molecular weight excluding hydrogens is 263 g/mol. The first-order valence-electron chi connectivity index (χ1n) is 6.49. The molecule has 4 nitrogen and oxygen atoms in total. The van der Waals surface area contributed by atoms with Crippen molar-refractivity contribution in [2.45, 2.75) is 54.0 Å². The molecule has 0 heterocycles. The van der Waals surface area contributed by atoms with Crippen LogP contribution in [0.1, 0.15) is 41.5 Å². The molecule has 17 heavy (non-hydrogen) atoms. The van der Waals surface area contributed by atoms with Crippen LogP contribution in [-0.2, 0) is 22.8 Å². The molecule has 0 aromatic heterocycles. The fraction of sp³-hybridized carbons (Fsp3) is 1.00. The van der Waals surface area contributed by atoms with Gasteiger partial charge in [-0.2, -0.15) is 0 Å². The minimum absolute atomic E-state index is 0.0916. The van der Waals surface area contributed by atoms with Crippen molar-refractivity contribution in [2.75, 3.05) is 26.2 Å². The Balaban J connectivity index is 3.82. The molecule has 5 heteroatoms. The van der Waals surface area contributed by atoms with E-state index in [1.807, 2.05) is 0 Å². The van der Waals surface area contributed by atoms with E-state index < -0.39 is 0 Å². The summed E-state index contributed by atoms with van der Waals surface area (Å²) in [5.74, 6) is 0. The quantitative estimate of drug-likeness (QED) is 0.455. The van der Waals surface area contributed by atoms with Crippen molar-refractivity contribution in [3.8, 4) is 0 Å². The fourth-order valence-electron chi connectivity index (χ4n) is 1.68. The first kappa shape index (κ1) is 17.3. The molecule has 0 saturated carbocycles. The molecule has 108 valence electrons. The van der Waals surface area contributed by atoms with Gasteiger partial charge >= 0.3 is 113 Å². The van der Waals surface area contributed by atoms with E-state index in [1.54, 1.807) is 0 Å². The summed E-state index contributed by atoms with van der Waals surface area (Å²) in [7, 11) is 0. The maximum absolute atomic E-state index is 5.61. The van der Waals surface area contributed by atoms with Gasteiger partial charge in [0.25, 0.3) is 0 Å². The van der Waals surface area contributed by atoms with Crippen molar-refractivity contribution >= 4 is 0 Å². The van der Waals surface area contributed by atoms with Gasteiger partial charge in [0.1, 0.15) is 0 Å². The molecule has 0 spiro atoms. The van der Waals surface area contributed by atoms with Crippen molar-refractivity contribution < 1.29 is 22.8 Å². The van der Waals surface area contributed by atoms with E-state index in [0.717, 1.165) is 41.3 Å². The normalized spacial score (nSPS) is 15.8. The Kier molecular flexibility index (Phi) is 10.5. The van der Waals surface area contributed by atoms with Crippen LogP contribution >= 0.6 is 0 Å². The van der Waals surface area contributed by atoms with Crippen molar-refractivity contribution in [3.05, 3.63) is 0 Å². The minimum atomic E-state index is 0.0916. The molecule has 0 aliphatic rings. The number of nitrogens with zero attached hydrogens (tertiary/aromatic N) is 2. The molecular formula is C12H28N2NiO2. The average molecular weight is 291 g/mol. The molecule has 0 rings (SSSR count). The average Bonchev–Trinajstić information content (AvgIpc) is 2.32. The summed E-state index contributed by atoms with van der Waals surface area (Å²) < 4.78 is 11.2. The molecule has 0 amide bonds. The van der Waals surface area contributed by atoms with Crippen LogP contribution in [0.2, 0.25) is 0 Å². The summed E-state index contributed by atoms with van der Waals surface area (Å²) in [6.07, 6.45) is 0.183. The third kappa shape index (κ3) is 6.73. The summed E-state index contributed by atoms with van der Waals surface area (Å²) in [5, 5.41) is 0. The van der Waals surface area contributed by atoms with E-state index in [9.17, 15) is 0 Å². The van der Waals surface area contributed by atoms with Gasteiger partial charge in [-0.15, -0.1) is 0 Å². The first-order valence-corrected chi connectivity index (χ1v) is 7.30. The molecule has 0 N–H and O–H groups in total. The topological polar surface area (TPSA) is 24.9 Å². The van der Waals surface area contributed by atoms with E-state index >= 15 is 0 Å². The van der Waals surface area contributed by atoms with Gasteiger partial charge in [0.15, 0.2) is 0 Å². The molecule has 0 radical (unpaired) electrons. The van der Waals surface area contributed by atoms with Gasteiger partial charge in [-0.25, -0.2) is 0 Å². The van der Waals surface area contributed by atoms with E-state index in [2.05, 4.69) is 51.3 Å². The van der Waals surface area contributed by atoms with Gasteiger partial charge in [-0.1, -0.05) is 0 Å². The van der Waals surface area contributed by atoms with Crippen molar-refractivity contribution in [2.24, 2.45) is 0 Å². The third-order valence-corrected chi connectivity index (χ3v) is 3.79. The van der Waals surface area contributed by atoms with Gasteiger partial charge in [0.05, 0.1) is 0 Å². The van der Waals surface area contributed by atoms with Crippen LogP contribution in [0.25, 0.3) is 0 Å². The molecule has 2 atom stereocenters. The SMILES string of the molecule is CCN(CC)C(C)[O][Ni][O]C(C)N(CC)CC. The maximum atomic E-state index is 5.61. The first-order chi connectivity index (χ1) is 8.10. The Morgan fingerprint density at radius 2 is 1.06 bits per heavy atom.